The van der Waals surface area contributed by atoms with Crippen molar-refractivity contribution in [3.05, 3.63) is 36.5 Å². The zero-order valence-electron chi connectivity index (χ0n) is 41.1. The second kappa shape index (κ2) is 44.4. The van der Waals surface area contributed by atoms with Crippen LogP contribution >= 0.6 is 7.82 Å². The topological polar surface area (TPSA) is 111 Å². The molecule has 0 spiro atoms. The average molecular weight is 896 g/mol. The quantitative estimate of drug-likeness (QED) is 0.0195. The van der Waals surface area contributed by atoms with E-state index in [4.69, 9.17) is 18.5 Å². The van der Waals surface area contributed by atoms with Gasteiger partial charge in [-0.05, 0) is 64.2 Å². The van der Waals surface area contributed by atoms with Crippen LogP contribution in [0.4, 0.5) is 0 Å². The molecule has 0 aromatic heterocycles. The molecule has 0 N–H and O–H groups in total. The molecule has 0 radical (unpaired) electrons. The molecule has 0 bridgehead atoms. The van der Waals surface area contributed by atoms with E-state index in [-0.39, 0.29) is 26.1 Å². The predicted octanol–water partition coefficient (Wildman–Crippen LogP) is 14.6. The van der Waals surface area contributed by atoms with Crippen LogP contribution in [-0.4, -0.2) is 70.0 Å². The first-order chi connectivity index (χ1) is 30.0. The van der Waals surface area contributed by atoms with E-state index in [0.29, 0.717) is 17.4 Å². The maximum absolute atomic E-state index is 12.7. The van der Waals surface area contributed by atoms with Crippen LogP contribution < -0.4 is 4.89 Å². The Labute approximate surface area is 382 Å². The lowest BCUT2D eigenvalue weighted by Gasteiger charge is -2.28. The van der Waals surface area contributed by atoms with Crippen LogP contribution in [0.1, 0.15) is 232 Å². The Kier molecular flexibility index (Phi) is 43.2. The van der Waals surface area contributed by atoms with Gasteiger partial charge in [0.1, 0.15) is 19.8 Å². The number of phosphoric ester groups is 1. The Morgan fingerprint density at radius 1 is 0.500 bits per heavy atom. The van der Waals surface area contributed by atoms with Gasteiger partial charge in [0.2, 0.25) is 0 Å². The molecular weight excluding hydrogens is 798 g/mol. The molecule has 0 fully saturated rings. The Balaban J connectivity index is 4.11. The molecule has 2 atom stereocenters. The molecule has 0 saturated heterocycles. The number of esters is 2. The molecule has 0 aliphatic heterocycles. The number of quaternary nitrogens is 1. The summed E-state index contributed by atoms with van der Waals surface area (Å²) in [6.07, 6.45) is 51.9. The number of nitrogens with zero attached hydrogens (tertiary/aromatic N) is 1. The molecule has 0 aromatic carbocycles. The van der Waals surface area contributed by atoms with Crippen molar-refractivity contribution < 1.29 is 42.1 Å². The van der Waals surface area contributed by atoms with Crippen LogP contribution in [0.5, 0.6) is 0 Å². The van der Waals surface area contributed by atoms with Gasteiger partial charge in [-0.25, -0.2) is 0 Å². The first-order valence-electron chi connectivity index (χ1n) is 25.7. The van der Waals surface area contributed by atoms with E-state index in [0.717, 1.165) is 70.6 Å². The third-order valence-corrected chi connectivity index (χ3v) is 12.1. The highest BCUT2D eigenvalue weighted by molar-refractivity contribution is 7.45. The third-order valence-electron chi connectivity index (χ3n) is 11.1. The van der Waals surface area contributed by atoms with Crippen LogP contribution in [0.2, 0.25) is 0 Å². The van der Waals surface area contributed by atoms with Crippen molar-refractivity contribution in [3.63, 3.8) is 0 Å². The van der Waals surface area contributed by atoms with E-state index in [9.17, 15) is 19.0 Å². The summed E-state index contributed by atoms with van der Waals surface area (Å²) < 4.78 is 34.0. The number of carbonyl (C=O) groups excluding carboxylic acids is 2. The average Bonchev–Trinajstić information content (AvgIpc) is 3.23. The summed E-state index contributed by atoms with van der Waals surface area (Å²) in [6.45, 7) is 4.19. The summed E-state index contributed by atoms with van der Waals surface area (Å²) in [6, 6.07) is 0. The standard InChI is InChI=1S/C52H98NO8P/c1-6-8-10-12-14-16-18-19-20-21-22-23-24-25-26-27-28-29-30-31-32-33-35-37-39-41-43-45-52(55)61-50(49-60-62(56,57)59-47-46-53(3,4)5)48-58-51(54)44-42-40-38-36-34-17-15-13-11-9-7-2/h13,15,18-19,21-22,50H,6-12,14,16-17,20,23-49H2,1-5H3/b15-13-,19-18-,22-21-. The van der Waals surface area contributed by atoms with E-state index in [1.54, 1.807) is 0 Å². The minimum absolute atomic E-state index is 0.0313. The number of phosphoric acid groups is 1. The lowest BCUT2D eigenvalue weighted by molar-refractivity contribution is -0.870. The molecule has 10 heteroatoms. The summed E-state index contributed by atoms with van der Waals surface area (Å²) in [5, 5.41) is 0. The van der Waals surface area contributed by atoms with Crippen LogP contribution in [-0.2, 0) is 32.7 Å². The van der Waals surface area contributed by atoms with Gasteiger partial charge in [-0.1, -0.05) is 192 Å². The highest BCUT2D eigenvalue weighted by Gasteiger charge is 2.21. The number of hydrogen-bond acceptors (Lipinski definition) is 8. The zero-order valence-corrected chi connectivity index (χ0v) is 42.0. The van der Waals surface area contributed by atoms with Gasteiger partial charge >= 0.3 is 11.9 Å². The highest BCUT2D eigenvalue weighted by atomic mass is 31.2. The molecular formula is C52H98NO8P. The Bertz CT molecular complexity index is 1150. The van der Waals surface area contributed by atoms with Crippen LogP contribution in [0.15, 0.2) is 36.5 Å². The number of carbonyl (C=O) groups is 2. The van der Waals surface area contributed by atoms with Crippen molar-refractivity contribution in [2.75, 3.05) is 47.5 Å². The summed E-state index contributed by atoms with van der Waals surface area (Å²) in [5.41, 5.74) is 0. The van der Waals surface area contributed by atoms with Crippen molar-refractivity contribution in [1.82, 2.24) is 0 Å². The lowest BCUT2D eigenvalue weighted by Crippen LogP contribution is -2.37. The minimum atomic E-state index is -4.63. The monoisotopic (exact) mass is 896 g/mol. The zero-order chi connectivity index (χ0) is 45.7. The fourth-order valence-corrected chi connectivity index (χ4v) is 7.81. The summed E-state index contributed by atoms with van der Waals surface area (Å²) in [7, 11) is 1.17. The molecule has 0 rings (SSSR count). The van der Waals surface area contributed by atoms with Gasteiger partial charge in [0.05, 0.1) is 27.7 Å². The summed E-state index contributed by atoms with van der Waals surface area (Å²) in [4.78, 5) is 37.6. The first-order valence-corrected chi connectivity index (χ1v) is 27.2. The maximum atomic E-state index is 12.7. The molecule has 0 saturated carbocycles. The van der Waals surface area contributed by atoms with E-state index in [2.05, 4.69) is 50.3 Å². The van der Waals surface area contributed by atoms with Crippen molar-refractivity contribution in [2.45, 2.75) is 238 Å². The second-order valence-electron chi connectivity index (χ2n) is 18.5. The van der Waals surface area contributed by atoms with E-state index in [1.807, 2.05) is 21.1 Å². The van der Waals surface area contributed by atoms with Crippen molar-refractivity contribution in [3.8, 4) is 0 Å². The summed E-state index contributed by atoms with van der Waals surface area (Å²) >= 11 is 0. The number of likely N-dealkylation sites (N-methyl/N-ethyl adjacent to an activating group) is 1. The number of allylic oxidation sites excluding steroid dienone is 6. The van der Waals surface area contributed by atoms with Crippen LogP contribution in [0.3, 0.4) is 0 Å². The fraction of sp³-hybridized carbons (Fsp3) is 0.846. The molecule has 9 nitrogen and oxygen atoms in total. The lowest BCUT2D eigenvalue weighted by atomic mass is 10.0. The largest absolute Gasteiger partial charge is 0.756 e. The van der Waals surface area contributed by atoms with Crippen molar-refractivity contribution in [1.29, 1.82) is 0 Å². The first kappa shape index (κ1) is 60.2. The van der Waals surface area contributed by atoms with Crippen LogP contribution in [0.25, 0.3) is 0 Å². The molecule has 2 unspecified atom stereocenters. The van der Waals surface area contributed by atoms with Gasteiger partial charge in [-0.2, -0.15) is 0 Å². The molecule has 0 amide bonds. The Morgan fingerprint density at radius 2 is 0.887 bits per heavy atom. The predicted molar refractivity (Wildman–Crippen MR) is 259 cm³/mol. The van der Waals surface area contributed by atoms with Gasteiger partial charge in [-0.3, -0.25) is 14.2 Å². The Morgan fingerprint density at radius 3 is 1.34 bits per heavy atom. The van der Waals surface area contributed by atoms with Gasteiger partial charge in [-0.15, -0.1) is 0 Å². The normalized spacial score (nSPS) is 13.7. The van der Waals surface area contributed by atoms with Gasteiger partial charge in [0, 0.05) is 12.8 Å². The van der Waals surface area contributed by atoms with E-state index in [1.165, 1.54) is 128 Å². The number of ether oxygens (including phenoxy) is 2. The van der Waals surface area contributed by atoms with Gasteiger partial charge in [0.25, 0.3) is 7.82 Å². The second-order valence-corrected chi connectivity index (χ2v) is 19.9. The molecule has 62 heavy (non-hydrogen) atoms. The molecule has 0 aliphatic carbocycles. The number of hydrogen-bond donors (Lipinski definition) is 0. The van der Waals surface area contributed by atoms with Crippen molar-refractivity contribution >= 4 is 19.8 Å². The number of unbranched alkanes of at least 4 members (excludes halogenated alkanes) is 27. The molecule has 364 valence electrons. The highest BCUT2D eigenvalue weighted by Crippen LogP contribution is 2.38. The maximum Gasteiger partial charge on any atom is 0.306 e. The van der Waals surface area contributed by atoms with Gasteiger partial charge in [0.15, 0.2) is 6.10 Å². The SMILES string of the molecule is CCCC/C=C\CCCCCCCC(=O)OCC(COP(=O)([O-])OCC[N+](C)(C)C)OC(=O)CCCCCCCCCCCCCCCCC/C=C\C/C=C\CCCCCCC. The fourth-order valence-electron chi connectivity index (χ4n) is 7.08. The Hall–Kier alpha value is -1.77. The van der Waals surface area contributed by atoms with E-state index >= 15 is 0 Å². The van der Waals surface area contributed by atoms with Crippen molar-refractivity contribution in [2.24, 2.45) is 0 Å². The van der Waals surface area contributed by atoms with Gasteiger partial charge < -0.3 is 27.9 Å². The minimum Gasteiger partial charge on any atom is -0.756 e. The molecule has 0 heterocycles. The molecule has 0 aromatic rings. The smallest absolute Gasteiger partial charge is 0.306 e. The molecule has 0 aliphatic rings. The van der Waals surface area contributed by atoms with E-state index < -0.39 is 32.5 Å². The summed E-state index contributed by atoms with van der Waals surface area (Å²) in [5.74, 6) is -0.840. The third kappa shape index (κ3) is 47.7. The van der Waals surface area contributed by atoms with Crippen LogP contribution in [0, 0.1) is 0 Å². The number of rotatable bonds is 47.